The lowest BCUT2D eigenvalue weighted by molar-refractivity contribution is 0.0962. The number of carbonyl (C=O) groups excluding carboxylic acids is 1. The van der Waals surface area contributed by atoms with Gasteiger partial charge in [-0.05, 0) is 19.1 Å². The Labute approximate surface area is 176 Å². The van der Waals surface area contributed by atoms with E-state index in [9.17, 15) is 18.4 Å². The Morgan fingerprint density at radius 2 is 1.97 bits per heavy atom. The van der Waals surface area contributed by atoms with E-state index in [1.165, 1.54) is 13.1 Å². The lowest BCUT2D eigenvalue weighted by atomic mass is 10.1. The van der Waals surface area contributed by atoms with Gasteiger partial charge in [0.1, 0.15) is 22.8 Å². The first-order chi connectivity index (χ1) is 14.9. The molecule has 1 amide bonds. The van der Waals surface area contributed by atoms with Crippen molar-refractivity contribution < 1.29 is 13.6 Å². The fraction of sp³-hybridized carbons (Fsp3) is 0.333. The Bertz CT molecular complexity index is 1190. The van der Waals surface area contributed by atoms with Crippen LogP contribution in [0.4, 0.5) is 14.6 Å². The number of aryl methyl sites for hydroxylation is 1. The lowest BCUT2D eigenvalue weighted by Crippen LogP contribution is -2.46. The highest BCUT2D eigenvalue weighted by Crippen LogP contribution is 2.23. The van der Waals surface area contributed by atoms with E-state index in [1.807, 2.05) is 4.90 Å². The molecule has 1 aliphatic rings. The third-order valence-corrected chi connectivity index (χ3v) is 5.46. The molecule has 8 nitrogen and oxygen atoms in total. The van der Waals surface area contributed by atoms with Crippen LogP contribution < -0.4 is 15.8 Å². The first-order valence-corrected chi connectivity index (χ1v) is 9.90. The Morgan fingerprint density at radius 1 is 1.23 bits per heavy atom. The van der Waals surface area contributed by atoms with Crippen molar-refractivity contribution in [2.75, 3.05) is 38.1 Å². The summed E-state index contributed by atoms with van der Waals surface area (Å²) in [7, 11) is 1.56. The number of H-pyrrole nitrogens is 1. The highest BCUT2D eigenvalue weighted by atomic mass is 19.1. The second-order valence-electron chi connectivity index (χ2n) is 7.44. The zero-order valence-electron chi connectivity index (χ0n) is 17.2. The number of nitrogens with zero attached hydrogens (tertiary/aromatic N) is 4. The Hall–Kier alpha value is -3.40. The van der Waals surface area contributed by atoms with Gasteiger partial charge in [0.2, 0.25) is 0 Å². The molecule has 162 valence electrons. The fourth-order valence-corrected chi connectivity index (χ4v) is 3.65. The van der Waals surface area contributed by atoms with E-state index in [0.717, 1.165) is 11.9 Å². The van der Waals surface area contributed by atoms with E-state index in [-0.39, 0.29) is 34.7 Å². The number of carbonyl (C=O) groups is 1. The number of amides is 1. The molecule has 3 aromatic rings. The average molecular weight is 428 g/mol. The van der Waals surface area contributed by atoms with Crippen LogP contribution in [0.5, 0.6) is 0 Å². The maximum Gasteiger partial charge on any atom is 0.269 e. The minimum atomic E-state index is -0.784. The van der Waals surface area contributed by atoms with Gasteiger partial charge in [-0.3, -0.25) is 14.5 Å². The molecule has 0 spiro atoms. The zero-order chi connectivity index (χ0) is 22.1. The first kappa shape index (κ1) is 20.9. The van der Waals surface area contributed by atoms with Crippen LogP contribution in [0.1, 0.15) is 21.6 Å². The second-order valence-corrected chi connectivity index (χ2v) is 7.44. The number of aromatic amines is 1. The van der Waals surface area contributed by atoms with Crippen LogP contribution in [0.25, 0.3) is 11.0 Å². The van der Waals surface area contributed by atoms with Crippen molar-refractivity contribution in [3.05, 3.63) is 63.2 Å². The molecular weight excluding hydrogens is 406 g/mol. The normalized spacial score (nSPS) is 14.8. The van der Waals surface area contributed by atoms with E-state index in [2.05, 4.69) is 25.2 Å². The largest absolute Gasteiger partial charge is 0.355 e. The van der Waals surface area contributed by atoms with E-state index < -0.39 is 17.2 Å². The van der Waals surface area contributed by atoms with Crippen molar-refractivity contribution in [3.8, 4) is 0 Å². The number of hydrogen-bond donors (Lipinski definition) is 2. The van der Waals surface area contributed by atoms with Gasteiger partial charge in [-0.1, -0.05) is 0 Å². The molecule has 3 heterocycles. The number of pyridine rings is 1. The van der Waals surface area contributed by atoms with Crippen LogP contribution in [0.15, 0.2) is 29.2 Å². The lowest BCUT2D eigenvalue weighted by Gasteiger charge is -2.35. The molecule has 1 aliphatic heterocycles. The van der Waals surface area contributed by atoms with E-state index in [0.29, 0.717) is 31.7 Å². The molecule has 1 saturated heterocycles. The predicted molar refractivity (Wildman–Crippen MR) is 112 cm³/mol. The summed E-state index contributed by atoms with van der Waals surface area (Å²) in [5.74, 6) is -0.921. The summed E-state index contributed by atoms with van der Waals surface area (Å²) in [4.78, 5) is 38.2. The number of rotatable bonds is 4. The number of anilines is 1. The summed E-state index contributed by atoms with van der Waals surface area (Å²) >= 11 is 0. The van der Waals surface area contributed by atoms with Crippen molar-refractivity contribution in [2.24, 2.45) is 0 Å². The molecule has 1 fully saturated rings. The summed E-state index contributed by atoms with van der Waals surface area (Å²) < 4.78 is 29.5. The summed E-state index contributed by atoms with van der Waals surface area (Å²) in [5, 5.41) is 2.55. The zero-order valence-corrected chi connectivity index (χ0v) is 17.2. The predicted octanol–water partition coefficient (Wildman–Crippen LogP) is 1.59. The quantitative estimate of drug-likeness (QED) is 0.656. The van der Waals surface area contributed by atoms with Gasteiger partial charge >= 0.3 is 0 Å². The van der Waals surface area contributed by atoms with Crippen LogP contribution in [-0.2, 0) is 6.54 Å². The maximum absolute atomic E-state index is 14.9. The Balaban J connectivity index is 1.46. The molecule has 1 aromatic carbocycles. The molecule has 2 aromatic heterocycles. The van der Waals surface area contributed by atoms with E-state index in [4.69, 9.17) is 0 Å². The number of fused-ring (bicyclic) bond motifs is 1. The summed E-state index contributed by atoms with van der Waals surface area (Å²) in [6.07, 6.45) is 1.52. The topological polar surface area (TPSA) is 94.2 Å². The molecule has 0 aliphatic carbocycles. The van der Waals surface area contributed by atoms with Crippen molar-refractivity contribution in [1.82, 2.24) is 25.2 Å². The Morgan fingerprint density at radius 3 is 2.61 bits per heavy atom. The van der Waals surface area contributed by atoms with Gasteiger partial charge in [-0.25, -0.2) is 18.7 Å². The molecule has 31 heavy (non-hydrogen) atoms. The molecule has 0 saturated carbocycles. The first-order valence-electron chi connectivity index (χ1n) is 9.90. The molecule has 0 unspecified atom stereocenters. The van der Waals surface area contributed by atoms with Gasteiger partial charge in [-0.15, -0.1) is 0 Å². The summed E-state index contributed by atoms with van der Waals surface area (Å²) in [5.41, 5.74) is 0.0720. The minimum absolute atomic E-state index is 0.0777. The minimum Gasteiger partial charge on any atom is -0.355 e. The van der Waals surface area contributed by atoms with Crippen molar-refractivity contribution in [2.45, 2.75) is 13.5 Å². The number of hydrogen-bond acceptors (Lipinski definition) is 6. The van der Waals surface area contributed by atoms with Crippen LogP contribution in [0, 0.1) is 18.6 Å². The van der Waals surface area contributed by atoms with Gasteiger partial charge in [-0.2, -0.15) is 0 Å². The third-order valence-electron chi connectivity index (χ3n) is 5.46. The number of benzene rings is 1. The van der Waals surface area contributed by atoms with Crippen LogP contribution in [0.3, 0.4) is 0 Å². The Kier molecular flexibility index (Phi) is 5.64. The summed E-state index contributed by atoms with van der Waals surface area (Å²) in [6.45, 7) is 3.99. The smallest absolute Gasteiger partial charge is 0.269 e. The van der Waals surface area contributed by atoms with E-state index >= 15 is 0 Å². The summed E-state index contributed by atoms with van der Waals surface area (Å²) in [6, 6.07) is 4.66. The van der Waals surface area contributed by atoms with Crippen molar-refractivity contribution >= 4 is 22.8 Å². The number of piperazine rings is 1. The van der Waals surface area contributed by atoms with Crippen LogP contribution in [-0.4, -0.2) is 59.0 Å². The molecule has 2 N–H and O–H groups in total. The van der Waals surface area contributed by atoms with Gasteiger partial charge < -0.3 is 15.2 Å². The van der Waals surface area contributed by atoms with Gasteiger partial charge in [0.05, 0.1) is 11.1 Å². The van der Waals surface area contributed by atoms with Gasteiger partial charge in [0.15, 0.2) is 5.82 Å². The van der Waals surface area contributed by atoms with Crippen LogP contribution in [0.2, 0.25) is 0 Å². The van der Waals surface area contributed by atoms with Gasteiger partial charge in [0, 0.05) is 57.6 Å². The molecule has 0 atom stereocenters. The monoisotopic (exact) mass is 428 g/mol. The SMILES string of the molecule is CNC(=O)c1ccc(N2CCN(Cc3c(F)cc4nc(C)c(=O)[nH]c4c3F)CC2)nc1. The van der Waals surface area contributed by atoms with Crippen LogP contribution >= 0.6 is 0 Å². The van der Waals surface area contributed by atoms with Crippen molar-refractivity contribution in [3.63, 3.8) is 0 Å². The molecule has 4 rings (SSSR count). The van der Waals surface area contributed by atoms with Gasteiger partial charge in [0.25, 0.3) is 11.5 Å². The molecule has 0 bridgehead atoms. The number of nitrogens with one attached hydrogen (secondary N) is 2. The second kappa shape index (κ2) is 8.38. The fourth-order valence-electron chi connectivity index (χ4n) is 3.65. The number of halogens is 2. The highest BCUT2D eigenvalue weighted by Gasteiger charge is 2.23. The molecular formula is C21H22F2N6O2. The van der Waals surface area contributed by atoms with Crippen molar-refractivity contribution in [1.29, 1.82) is 0 Å². The highest BCUT2D eigenvalue weighted by molar-refractivity contribution is 5.93. The standard InChI is InChI=1S/C21H22F2N6O2/c1-12-20(30)27-19-16(26-12)9-15(22)14(18(19)23)11-28-5-7-29(8-6-28)17-4-3-13(10-25-17)21(31)24-2/h3-4,9-10H,5-8,11H2,1-2H3,(H,24,31)(H,27,30). The van der Waals surface area contributed by atoms with E-state index in [1.54, 1.807) is 19.2 Å². The number of aromatic nitrogens is 3. The maximum atomic E-state index is 14.9. The molecule has 0 radical (unpaired) electrons. The third kappa shape index (κ3) is 4.11. The molecule has 10 heteroatoms. The average Bonchev–Trinajstić information content (AvgIpc) is 2.78.